The fourth-order valence-corrected chi connectivity index (χ4v) is 5.30. The second-order valence-corrected chi connectivity index (χ2v) is 7.41. The Morgan fingerprint density at radius 2 is 1.78 bits per heavy atom. The van der Waals surface area contributed by atoms with Crippen LogP contribution in [0.15, 0.2) is 24.3 Å². The second kappa shape index (κ2) is 4.90. The molecule has 0 amide bonds. The van der Waals surface area contributed by atoms with Gasteiger partial charge in [-0.25, -0.2) is 0 Å². The van der Waals surface area contributed by atoms with Gasteiger partial charge in [0.25, 0.3) is 0 Å². The summed E-state index contributed by atoms with van der Waals surface area (Å²) in [4.78, 5) is 0. The van der Waals surface area contributed by atoms with E-state index in [1.165, 1.54) is 24.8 Å². The Morgan fingerprint density at radius 1 is 1.17 bits per heavy atom. The smallest absolute Gasteiger partial charge is 0.0917 e. The summed E-state index contributed by atoms with van der Waals surface area (Å²) < 4.78 is 0. The molecule has 0 spiro atoms. The highest BCUT2D eigenvalue weighted by atomic mass is 32.2. The average molecular weight is 262 g/mol. The van der Waals surface area contributed by atoms with Gasteiger partial charge < -0.3 is 5.11 Å². The van der Waals surface area contributed by atoms with Crippen LogP contribution in [-0.2, 0) is 12.0 Å². The van der Waals surface area contributed by atoms with E-state index in [1.807, 2.05) is 0 Å². The fourth-order valence-electron chi connectivity index (χ4n) is 3.40. The summed E-state index contributed by atoms with van der Waals surface area (Å²) in [7, 11) is 0. The van der Waals surface area contributed by atoms with Crippen LogP contribution in [-0.4, -0.2) is 15.6 Å². The van der Waals surface area contributed by atoms with Gasteiger partial charge in [-0.3, -0.25) is 0 Å². The average Bonchev–Trinajstić information content (AvgIpc) is 2.38. The molecule has 2 fully saturated rings. The van der Waals surface area contributed by atoms with Crippen molar-refractivity contribution < 1.29 is 5.11 Å². The monoisotopic (exact) mass is 262 g/mol. The molecular weight excluding hydrogens is 240 g/mol. The number of benzene rings is 1. The van der Waals surface area contributed by atoms with E-state index in [0.717, 1.165) is 24.8 Å². The van der Waals surface area contributed by atoms with Gasteiger partial charge in [-0.05, 0) is 43.2 Å². The molecule has 2 bridgehead atoms. The minimum Gasteiger partial charge on any atom is -0.385 e. The third-order valence-electron chi connectivity index (χ3n) is 4.47. The van der Waals surface area contributed by atoms with Crippen molar-refractivity contribution in [3.8, 4) is 0 Å². The van der Waals surface area contributed by atoms with Crippen LogP contribution < -0.4 is 0 Å². The van der Waals surface area contributed by atoms with Gasteiger partial charge in [-0.1, -0.05) is 37.6 Å². The maximum atomic E-state index is 11.0. The van der Waals surface area contributed by atoms with E-state index < -0.39 is 5.60 Å². The second-order valence-electron chi connectivity index (χ2n) is 5.80. The van der Waals surface area contributed by atoms with Crippen LogP contribution in [0.1, 0.15) is 50.2 Å². The van der Waals surface area contributed by atoms with Crippen molar-refractivity contribution in [1.82, 2.24) is 0 Å². The summed E-state index contributed by atoms with van der Waals surface area (Å²) in [5.74, 6) is 0. The summed E-state index contributed by atoms with van der Waals surface area (Å²) in [6.07, 6.45) is 6.89. The summed E-state index contributed by atoms with van der Waals surface area (Å²) >= 11 is 2.12. The van der Waals surface area contributed by atoms with Crippen LogP contribution in [0.3, 0.4) is 0 Å². The van der Waals surface area contributed by atoms with Gasteiger partial charge in [-0.15, -0.1) is 0 Å². The minimum atomic E-state index is -0.562. The number of fused-ring (bicyclic) bond motifs is 2. The molecule has 18 heavy (non-hydrogen) atoms. The number of aliphatic hydroxyl groups is 1. The lowest BCUT2D eigenvalue weighted by Gasteiger charge is -2.44. The summed E-state index contributed by atoms with van der Waals surface area (Å²) in [5.41, 5.74) is 1.93. The predicted octanol–water partition coefficient (Wildman–Crippen LogP) is 3.88. The first-order valence-corrected chi connectivity index (χ1v) is 8.11. The number of rotatable bonds is 2. The maximum Gasteiger partial charge on any atom is 0.0917 e. The van der Waals surface area contributed by atoms with Gasteiger partial charge in [0.05, 0.1) is 5.60 Å². The van der Waals surface area contributed by atoms with Crippen LogP contribution in [0.4, 0.5) is 0 Å². The SMILES string of the molecule is CCc1ccc(C2(O)CC3CCCC(C2)S3)cc1. The third kappa shape index (κ3) is 2.33. The highest BCUT2D eigenvalue weighted by Gasteiger charge is 2.42. The lowest BCUT2D eigenvalue weighted by molar-refractivity contribution is 0.00812. The molecule has 2 unspecified atom stereocenters. The van der Waals surface area contributed by atoms with Gasteiger partial charge in [0.1, 0.15) is 0 Å². The number of aryl methyl sites for hydroxylation is 1. The van der Waals surface area contributed by atoms with Gasteiger partial charge in [0.2, 0.25) is 0 Å². The molecule has 1 aromatic rings. The lowest BCUT2D eigenvalue weighted by atomic mass is 9.80. The molecule has 2 aliphatic heterocycles. The van der Waals surface area contributed by atoms with E-state index in [-0.39, 0.29) is 0 Å². The summed E-state index contributed by atoms with van der Waals surface area (Å²) in [6.45, 7) is 2.17. The van der Waals surface area contributed by atoms with E-state index >= 15 is 0 Å². The fraction of sp³-hybridized carbons (Fsp3) is 0.625. The molecule has 2 saturated heterocycles. The Kier molecular flexibility index (Phi) is 3.42. The highest BCUT2D eigenvalue weighted by Crippen LogP contribution is 2.49. The van der Waals surface area contributed by atoms with Crippen molar-refractivity contribution >= 4 is 11.8 Å². The first kappa shape index (κ1) is 12.6. The first-order valence-electron chi connectivity index (χ1n) is 7.17. The predicted molar refractivity (Wildman–Crippen MR) is 78.0 cm³/mol. The quantitative estimate of drug-likeness (QED) is 0.872. The van der Waals surface area contributed by atoms with E-state index in [2.05, 4.69) is 43.0 Å². The lowest BCUT2D eigenvalue weighted by Crippen LogP contribution is -2.40. The molecule has 0 saturated carbocycles. The van der Waals surface area contributed by atoms with E-state index in [9.17, 15) is 5.11 Å². The molecular formula is C16H22OS. The van der Waals surface area contributed by atoms with Crippen molar-refractivity contribution in [2.24, 2.45) is 0 Å². The first-order chi connectivity index (χ1) is 8.69. The summed E-state index contributed by atoms with van der Waals surface area (Å²) in [6, 6.07) is 8.63. The van der Waals surface area contributed by atoms with Crippen molar-refractivity contribution in [3.63, 3.8) is 0 Å². The van der Waals surface area contributed by atoms with Crippen LogP contribution in [0.25, 0.3) is 0 Å². The molecule has 0 aromatic heterocycles. The number of thioether (sulfide) groups is 1. The molecule has 0 aliphatic carbocycles. The Hall–Kier alpha value is -0.470. The molecule has 1 N–H and O–H groups in total. The maximum absolute atomic E-state index is 11.0. The van der Waals surface area contributed by atoms with Crippen LogP contribution in [0.2, 0.25) is 0 Å². The largest absolute Gasteiger partial charge is 0.385 e. The van der Waals surface area contributed by atoms with Crippen LogP contribution in [0, 0.1) is 0 Å². The minimum absolute atomic E-state index is 0.562. The zero-order valence-corrected chi connectivity index (χ0v) is 11.9. The highest BCUT2D eigenvalue weighted by molar-refractivity contribution is 8.00. The topological polar surface area (TPSA) is 20.2 Å². The molecule has 98 valence electrons. The molecule has 2 heteroatoms. The Morgan fingerprint density at radius 3 is 2.33 bits per heavy atom. The van der Waals surface area contributed by atoms with Gasteiger partial charge in [-0.2, -0.15) is 11.8 Å². The van der Waals surface area contributed by atoms with E-state index in [0.29, 0.717) is 10.5 Å². The molecule has 1 nitrogen and oxygen atoms in total. The Labute approximate surface area is 114 Å². The standard InChI is InChI=1S/C16H22OS/c1-2-12-6-8-13(9-7-12)16(17)10-14-4-3-5-15(11-16)18-14/h6-9,14-15,17H,2-5,10-11H2,1H3. The number of hydrogen-bond donors (Lipinski definition) is 1. The van der Waals surface area contributed by atoms with Crippen molar-refractivity contribution in [2.75, 3.05) is 0 Å². The zero-order chi connectivity index (χ0) is 12.6. The summed E-state index contributed by atoms with van der Waals surface area (Å²) in [5, 5.41) is 12.3. The van der Waals surface area contributed by atoms with Crippen molar-refractivity contribution in [1.29, 1.82) is 0 Å². The van der Waals surface area contributed by atoms with Gasteiger partial charge in [0.15, 0.2) is 0 Å². The van der Waals surface area contributed by atoms with E-state index in [4.69, 9.17) is 0 Å². The Bertz CT molecular complexity index is 400. The molecule has 3 rings (SSSR count). The Balaban J connectivity index is 1.84. The number of hydrogen-bond acceptors (Lipinski definition) is 2. The molecule has 2 heterocycles. The molecule has 2 atom stereocenters. The third-order valence-corrected chi connectivity index (χ3v) is 6.04. The van der Waals surface area contributed by atoms with E-state index in [1.54, 1.807) is 0 Å². The van der Waals surface area contributed by atoms with Crippen LogP contribution >= 0.6 is 11.8 Å². The molecule has 1 aromatic carbocycles. The molecule has 0 radical (unpaired) electrons. The zero-order valence-electron chi connectivity index (χ0n) is 11.1. The van der Waals surface area contributed by atoms with Crippen molar-refractivity contribution in [3.05, 3.63) is 35.4 Å². The van der Waals surface area contributed by atoms with Gasteiger partial charge >= 0.3 is 0 Å². The normalized spacial score (nSPS) is 35.4. The molecule has 2 aliphatic rings. The van der Waals surface area contributed by atoms with Crippen molar-refractivity contribution in [2.45, 2.75) is 61.5 Å². The van der Waals surface area contributed by atoms with Crippen LogP contribution in [0.5, 0.6) is 0 Å². The van der Waals surface area contributed by atoms with Gasteiger partial charge in [0, 0.05) is 10.5 Å².